The van der Waals surface area contributed by atoms with Crippen LogP contribution in [0.2, 0.25) is 0 Å². The third-order valence-electron chi connectivity index (χ3n) is 4.25. The third kappa shape index (κ3) is 1.90. The molecular weight excluding hydrogens is 158 g/mol. The van der Waals surface area contributed by atoms with Gasteiger partial charge in [-0.1, -0.05) is 13.8 Å². The lowest BCUT2D eigenvalue weighted by molar-refractivity contribution is 0.138. The Bertz CT molecular complexity index is 191. The Kier molecular flexibility index (Phi) is 2.18. The van der Waals surface area contributed by atoms with Crippen LogP contribution in [0.25, 0.3) is 0 Å². The molecule has 0 aromatic rings. The molecule has 1 heteroatoms. The van der Waals surface area contributed by atoms with Gasteiger partial charge in [0.05, 0.1) is 0 Å². The molecule has 13 heavy (non-hydrogen) atoms. The molecule has 0 unspecified atom stereocenters. The molecule has 2 aliphatic rings. The van der Waals surface area contributed by atoms with Crippen molar-refractivity contribution in [2.75, 3.05) is 13.6 Å². The van der Waals surface area contributed by atoms with Crippen LogP contribution in [0.3, 0.4) is 0 Å². The summed E-state index contributed by atoms with van der Waals surface area (Å²) in [4.78, 5) is 2.63. The quantitative estimate of drug-likeness (QED) is 0.555. The summed E-state index contributed by atoms with van der Waals surface area (Å²) in [5, 5.41) is 0. The molecule has 0 bridgehead atoms. The summed E-state index contributed by atoms with van der Waals surface area (Å²) in [7, 11) is 2.32. The van der Waals surface area contributed by atoms with Crippen LogP contribution in [-0.4, -0.2) is 24.0 Å². The highest BCUT2D eigenvalue weighted by Gasteiger charge is 2.47. The van der Waals surface area contributed by atoms with Gasteiger partial charge in [0, 0.05) is 5.54 Å². The van der Waals surface area contributed by atoms with Crippen molar-refractivity contribution in [1.82, 2.24) is 4.90 Å². The van der Waals surface area contributed by atoms with Crippen molar-refractivity contribution in [3.63, 3.8) is 0 Å². The molecule has 0 aromatic carbocycles. The Hall–Kier alpha value is -0.0400. The van der Waals surface area contributed by atoms with E-state index in [1.54, 1.807) is 0 Å². The molecular formula is C12H23N. The standard InChI is InChI=1S/C12H23N/c1-11(2)5-4-10-13(3)12(7-6-11)8-9-12/h4-10H2,1-3H3. The monoisotopic (exact) mass is 181 g/mol. The molecule has 1 aliphatic heterocycles. The van der Waals surface area contributed by atoms with Gasteiger partial charge in [-0.2, -0.15) is 0 Å². The average Bonchev–Trinajstić information content (AvgIpc) is 2.80. The molecule has 1 spiro atoms. The van der Waals surface area contributed by atoms with Gasteiger partial charge < -0.3 is 4.90 Å². The van der Waals surface area contributed by atoms with E-state index in [0.717, 1.165) is 0 Å². The van der Waals surface area contributed by atoms with E-state index in [1.165, 1.54) is 45.1 Å². The van der Waals surface area contributed by atoms with Crippen molar-refractivity contribution in [2.45, 2.75) is 57.9 Å². The van der Waals surface area contributed by atoms with Crippen LogP contribution in [0.5, 0.6) is 0 Å². The minimum Gasteiger partial charge on any atom is -0.301 e. The van der Waals surface area contributed by atoms with E-state index in [9.17, 15) is 0 Å². The van der Waals surface area contributed by atoms with E-state index >= 15 is 0 Å². The molecule has 0 aromatic heterocycles. The van der Waals surface area contributed by atoms with Crippen LogP contribution < -0.4 is 0 Å². The van der Waals surface area contributed by atoms with Crippen molar-refractivity contribution >= 4 is 0 Å². The Morgan fingerprint density at radius 3 is 2.15 bits per heavy atom. The van der Waals surface area contributed by atoms with E-state index in [4.69, 9.17) is 0 Å². The Morgan fingerprint density at radius 2 is 1.54 bits per heavy atom. The van der Waals surface area contributed by atoms with Crippen LogP contribution in [-0.2, 0) is 0 Å². The molecule has 0 amide bonds. The van der Waals surface area contributed by atoms with Gasteiger partial charge in [-0.25, -0.2) is 0 Å². The van der Waals surface area contributed by atoms with E-state index in [-0.39, 0.29) is 0 Å². The zero-order chi connectivity index (χ0) is 9.53. The molecule has 0 radical (unpaired) electrons. The largest absolute Gasteiger partial charge is 0.301 e. The normalized spacial score (nSPS) is 32.5. The van der Waals surface area contributed by atoms with Crippen molar-refractivity contribution < 1.29 is 0 Å². The lowest BCUT2D eigenvalue weighted by Gasteiger charge is -2.36. The van der Waals surface area contributed by atoms with E-state index in [2.05, 4.69) is 25.8 Å². The summed E-state index contributed by atoms with van der Waals surface area (Å²) in [6.07, 6.45) is 8.59. The fraction of sp³-hybridized carbons (Fsp3) is 1.00. The Morgan fingerprint density at radius 1 is 0.923 bits per heavy atom. The smallest absolute Gasteiger partial charge is 0.0208 e. The predicted molar refractivity (Wildman–Crippen MR) is 56.8 cm³/mol. The molecule has 1 heterocycles. The van der Waals surface area contributed by atoms with Crippen molar-refractivity contribution in [3.8, 4) is 0 Å². The Labute approximate surface area is 82.5 Å². The van der Waals surface area contributed by atoms with Gasteiger partial charge in [0.2, 0.25) is 0 Å². The maximum absolute atomic E-state index is 2.63. The van der Waals surface area contributed by atoms with Crippen molar-refractivity contribution in [1.29, 1.82) is 0 Å². The molecule has 2 rings (SSSR count). The van der Waals surface area contributed by atoms with Gasteiger partial charge in [-0.3, -0.25) is 0 Å². The second-order valence-electron chi connectivity index (χ2n) is 5.91. The van der Waals surface area contributed by atoms with Gasteiger partial charge in [0.25, 0.3) is 0 Å². The second kappa shape index (κ2) is 2.98. The van der Waals surface area contributed by atoms with Gasteiger partial charge in [-0.05, 0) is 57.5 Å². The number of rotatable bonds is 0. The fourth-order valence-corrected chi connectivity index (χ4v) is 2.69. The zero-order valence-electron chi connectivity index (χ0n) is 9.40. The molecule has 1 saturated carbocycles. The van der Waals surface area contributed by atoms with Crippen LogP contribution >= 0.6 is 0 Å². The van der Waals surface area contributed by atoms with Gasteiger partial charge in [0.1, 0.15) is 0 Å². The lowest BCUT2D eigenvalue weighted by atomic mass is 9.80. The summed E-state index contributed by atoms with van der Waals surface area (Å²) < 4.78 is 0. The van der Waals surface area contributed by atoms with E-state index in [1.807, 2.05) is 0 Å². The van der Waals surface area contributed by atoms with E-state index in [0.29, 0.717) is 11.0 Å². The summed E-state index contributed by atoms with van der Waals surface area (Å²) in [6.45, 7) is 6.20. The van der Waals surface area contributed by atoms with Crippen molar-refractivity contribution in [3.05, 3.63) is 0 Å². The van der Waals surface area contributed by atoms with Gasteiger partial charge in [-0.15, -0.1) is 0 Å². The number of likely N-dealkylation sites (tertiary alicyclic amines) is 1. The molecule has 1 aliphatic carbocycles. The highest BCUT2D eigenvalue weighted by Crippen LogP contribution is 2.48. The summed E-state index contributed by atoms with van der Waals surface area (Å²) in [5.74, 6) is 0. The third-order valence-corrected chi connectivity index (χ3v) is 4.25. The average molecular weight is 181 g/mol. The molecule has 0 atom stereocenters. The lowest BCUT2D eigenvalue weighted by Crippen LogP contribution is -2.38. The number of hydrogen-bond donors (Lipinski definition) is 0. The van der Waals surface area contributed by atoms with Crippen LogP contribution in [0.4, 0.5) is 0 Å². The topological polar surface area (TPSA) is 3.24 Å². The number of hydrogen-bond acceptors (Lipinski definition) is 1. The second-order valence-corrected chi connectivity index (χ2v) is 5.91. The highest BCUT2D eigenvalue weighted by molar-refractivity contribution is 5.04. The first kappa shape index (κ1) is 9.51. The Balaban J connectivity index is 2.01. The van der Waals surface area contributed by atoms with Crippen LogP contribution in [0, 0.1) is 5.41 Å². The van der Waals surface area contributed by atoms with Crippen molar-refractivity contribution in [2.24, 2.45) is 5.41 Å². The maximum atomic E-state index is 2.63. The molecule has 76 valence electrons. The number of nitrogens with zero attached hydrogens (tertiary/aromatic N) is 1. The van der Waals surface area contributed by atoms with Gasteiger partial charge in [0.15, 0.2) is 0 Å². The summed E-state index contributed by atoms with van der Waals surface area (Å²) >= 11 is 0. The first-order valence-electron chi connectivity index (χ1n) is 5.75. The van der Waals surface area contributed by atoms with Crippen LogP contribution in [0.15, 0.2) is 0 Å². The zero-order valence-corrected chi connectivity index (χ0v) is 9.40. The first-order chi connectivity index (χ1) is 6.04. The maximum Gasteiger partial charge on any atom is 0.0208 e. The van der Waals surface area contributed by atoms with Crippen LogP contribution in [0.1, 0.15) is 52.4 Å². The molecule has 1 nitrogen and oxygen atoms in total. The molecule has 1 saturated heterocycles. The van der Waals surface area contributed by atoms with Gasteiger partial charge >= 0.3 is 0 Å². The SMILES string of the molecule is CN1CCCC(C)(C)CCC12CC2. The minimum absolute atomic E-state index is 0.608. The molecule has 2 fully saturated rings. The highest BCUT2D eigenvalue weighted by atomic mass is 15.2. The summed E-state index contributed by atoms with van der Waals surface area (Å²) in [5.41, 5.74) is 1.26. The fourth-order valence-electron chi connectivity index (χ4n) is 2.69. The first-order valence-corrected chi connectivity index (χ1v) is 5.75. The minimum atomic E-state index is 0.608. The van der Waals surface area contributed by atoms with E-state index < -0.39 is 0 Å². The predicted octanol–water partition coefficient (Wildman–Crippen LogP) is 3.05. The summed E-state index contributed by atoms with van der Waals surface area (Å²) in [6, 6.07) is 0. The molecule has 0 N–H and O–H groups in total.